The van der Waals surface area contributed by atoms with E-state index in [1.54, 1.807) is 36.4 Å². The van der Waals surface area contributed by atoms with E-state index >= 15 is 0 Å². The van der Waals surface area contributed by atoms with Crippen molar-refractivity contribution in [3.63, 3.8) is 0 Å². The molecule has 1 saturated heterocycles. The minimum atomic E-state index is -0.0227. The predicted octanol–water partition coefficient (Wildman–Crippen LogP) is 3.55. The first kappa shape index (κ1) is 17.2. The molecule has 1 atom stereocenters. The van der Waals surface area contributed by atoms with Crippen LogP contribution in [0.4, 0.5) is 0 Å². The van der Waals surface area contributed by atoms with Crippen LogP contribution in [0.2, 0.25) is 0 Å². The molecule has 0 radical (unpaired) electrons. The number of nitrogens with zero attached hydrogens (tertiary/aromatic N) is 1. The third kappa shape index (κ3) is 4.47. The third-order valence-corrected chi connectivity index (χ3v) is 4.52. The number of benzene rings is 2. The van der Waals surface area contributed by atoms with Gasteiger partial charge < -0.3 is 9.64 Å². The SMILES string of the molecule is CC1CCCN(C(=O)COc2ccc(C(=O)c3ccccc3)cc2)C1. The molecule has 25 heavy (non-hydrogen) atoms. The quantitative estimate of drug-likeness (QED) is 0.784. The fourth-order valence-corrected chi connectivity index (χ4v) is 3.11. The number of ether oxygens (including phenoxy) is 1. The molecule has 2 aromatic rings. The smallest absolute Gasteiger partial charge is 0.260 e. The van der Waals surface area contributed by atoms with E-state index in [9.17, 15) is 9.59 Å². The van der Waals surface area contributed by atoms with Crippen LogP contribution < -0.4 is 4.74 Å². The van der Waals surface area contributed by atoms with Crippen molar-refractivity contribution in [2.75, 3.05) is 19.7 Å². The van der Waals surface area contributed by atoms with Crippen molar-refractivity contribution in [2.45, 2.75) is 19.8 Å². The molecule has 0 aliphatic carbocycles. The Morgan fingerprint density at radius 1 is 1.04 bits per heavy atom. The predicted molar refractivity (Wildman–Crippen MR) is 96.8 cm³/mol. The molecule has 1 aliphatic heterocycles. The normalized spacial score (nSPS) is 17.2. The Morgan fingerprint density at radius 2 is 1.72 bits per heavy atom. The molecule has 130 valence electrons. The van der Waals surface area contributed by atoms with Crippen LogP contribution in [-0.2, 0) is 4.79 Å². The molecular weight excluding hydrogens is 314 g/mol. The zero-order valence-electron chi connectivity index (χ0n) is 14.5. The second-order valence-corrected chi connectivity index (χ2v) is 6.60. The lowest BCUT2D eigenvalue weighted by atomic mass is 10.0. The Balaban J connectivity index is 1.56. The molecule has 1 fully saturated rings. The van der Waals surface area contributed by atoms with Gasteiger partial charge in [-0.05, 0) is 43.0 Å². The minimum absolute atomic E-state index is 0.0227. The van der Waals surface area contributed by atoms with Crippen molar-refractivity contribution < 1.29 is 14.3 Å². The highest BCUT2D eigenvalue weighted by Gasteiger charge is 2.21. The Hall–Kier alpha value is -2.62. The lowest BCUT2D eigenvalue weighted by molar-refractivity contribution is -0.135. The van der Waals surface area contributed by atoms with Gasteiger partial charge in [0, 0.05) is 24.2 Å². The van der Waals surface area contributed by atoms with E-state index in [1.807, 2.05) is 23.1 Å². The van der Waals surface area contributed by atoms with Gasteiger partial charge in [-0.3, -0.25) is 9.59 Å². The van der Waals surface area contributed by atoms with Crippen LogP contribution in [-0.4, -0.2) is 36.3 Å². The molecule has 3 rings (SSSR count). The Morgan fingerprint density at radius 3 is 2.40 bits per heavy atom. The number of carbonyl (C=O) groups excluding carboxylic acids is 2. The summed E-state index contributed by atoms with van der Waals surface area (Å²) in [6.07, 6.45) is 2.24. The van der Waals surface area contributed by atoms with E-state index in [-0.39, 0.29) is 18.3 Å². The van der Waals surface area contributed by atoms with E-state index < -0.39 is 0 Å². The van der Waals surface area contributed by atoms with Crippen LogP contribution >= 0.6 is 0 Å². The summed E-state index contributed by atoms with van der Waals surface area (Å²) in [5, 5.41) is 0. The highest BCUT2D eigenvalue weighted by molar-refractivity contribution is 6.08. The fraction of sp³-hybridized carbons (Fsp3) is 0.333. The lowest BCUT2D eigenvalue weighted by Crippen LogP contribution is -2.41. The van der Waals surface area contributed by atoms with Crippen LogP contribution in [0.3, 0.4) is 0 Å². The van der Waals surface area contributed by atoms with Crippen LogP contribution in [0.1, 0.15) is 35.7 Å². The molecule has 4 nitrogen and oxygen atoms in total. The Labute approximate surface area is 148 Å². The molecule has 4 heteroatoms. The number of hydrogen-bond donors (Lipinski definition) is 0. The zero-order chi connectivity index (χ0) is 17.6. The molecule has 2 aromatic carbocycles. The standard InChI is InChI=1S/C21H23NO3/c1-16-6-5-13-22(14-16)20(23)15-25-19-11-9-18(10-12-19)21(24)17-7-3-2-4-8-17/h2-4,7-12,16H,5-6,13-15H2,1H3. The van der Waals surface area contributed by atoms with E-state index in [0.717, 1.165) is 19.5 Å². The van der Waals surface area contributed by atoms with Crippen molar-refractivity contribution in [3.05, 3.63) is 65.7 Å². The largest absolute Gasteiger partial charge is 0.484 e. The monoisotopic (exact) mass is 337 g/mol. The van der Waals surface area contributed by atoms with Gasteiger partial charge in [-0.1, -0.05) is 37.3 Å². The molecule has 1 unspecified atom stereocenters. The van der Waals surface area contributed by atoms with Gasteiger partial charge in [0.1, 0.15) is 5.75 Å². The first-order valence-electron chi connectivity index (χ1n) is 8.74. The number of ketones is 1. The summed E-state index contributed by atoms with van der Waals surface area (Å²) in [7, 11) is 0. The van der Waals surface area contributed by atoms with Crippen molar-refractivity contribution in [3.8, 4) is 5.75 Å². The molecule has 1 aliphatic rings. The van der Waals surface area contributed by atoms with E-state index in [0.29, 0.717) is 22.8 Å². The van der Waals surface area contributed by atoms with E-state index in [1.165, 1.54) is 6.42 Å². The van der Waals surface area contributed by atoms with E-state index in [2.05, 4.69) is 6.92 Å². The highest BCUT2D eigenvalue weighted by atomic mass is 16.5. The van der Waals surface area contributed by atoms with Gasteiger partial charge in [-0.15, -0.1) is 0 Å². The molecule has 0 bridgehead atoms. The maximum atomic E-state index is 12.4. The van der Waals surface area contributed by atoms with Crippen molar-refractivity contribution in [2.24, 2.45) is 5.92 Å². The van der Waals surface area contributed by atoms with Crippen LogP contribution in [0.15, 0.2) is 54.6 Å². The summed E-state index contributed by atoms with van der Waals surface area (Å²) in [6.45, 7) is 3.84. The van der Waals surface area contributed by atoms with Crippen molar-refractivity contribution in [1.29, 1.82) is 0 Å². The number of rotatable bonds is 5. The molecule has 0 N–H and O–H groups in total. The molecular formula is C21H23NO3. The van der Waals surface area contributed by atoms with Crippen LogP contribution in [0.25, 0.3) is 0 Å². The molecule has 1 amide bonds. The number of piperidine rings is 1. The topological polar surface area (TPSA) is 46.6 Å². The van der Waals surface area contributed by atoms with E-state index in [4.69, 9.17) is 4.74 Å². The number of amides is 1. The molecule has 1 heterocycles. The van der Waals surface area contributed by atoms with Gasteiger partial charge in [-0.25, -0.2) is 0 Å². The van der Waals surface area contributed by atoms with Gasteiger partial charge in [0.2, 0.25) is 0 Å². The first-order chi connectivity index (χ1) is 12.1. The molecule has 0 spiro atoms. The second-order valence-electron chi connectivity index (χ2n) is 6.60. The zero-order valence-corrected chi connectivity index (χ0v) is 14.5. The average molecular weight is 337 g/mol. The maximum absolute atomic E-state index is 12.4. The number of likely N-dealkylation sites (tertiary alicyclic amines) is 1. The second kappa shape index (κ2) is 7.97. The summed E-state index contributed by atoms with van der Waals surface area (Å²) in [5.41, 5.74) is 1.26. The van der Waals surface area contributed by atoms with Crippen molar-refractivity contribution >= 4 is 11.7 Å². The minimum Gasteiger partial charge on any atom is -0.484 e. The molecule has 0 aromatic heterocycles. The average Bonchev–Trinajstić information content (AvgIpc) is 2.66. The van der Waals surface area contributed by atoms with Gasteiger partial charge in [0.15, 0.2) is 12.4 Å². The van der Waals surface area contributed by atoms with Crippen LogP contribution in [0.5, 0.6) is 5.75 Å². The lowest BCUT2D eigenvalue weighted by Gasteiger charge is -2.30. The number of hydrogen-bond acceptors (Lipinski definition) is 3. The first-order valence-corrected chi connectivity index (χ1v) is 8.74. The summed E-state index contributed by atoms with van der Waals surface area (Å²) < 4.78 is 5.59. The Bertz CT molecular complexity index is 725. The fourth-order valence-electron chi connectivity index (χ4n) is 3.11. The summed E-state index contributed by atoms with van der Waals surface area (Å²) in [5.74, 6) is 1.16. The van der Waals surface area contributed by atoms with Crippen LogP contribution in [0, 0.1) is 5.92 Å². The van der Waals surface area contributed by atoms with Gasteiger partial charge in [0.05, 0.1) is 0 Å². The van der Waals surface area contributed by atoms with Gasteiger partial charge in [0.25, 0.3) is 5.91 Å². The van der Waals surface area contributed by atoms with Crippen molar-refractivity contribution in [1.82, 2.24) is 4.90 Å². The van der Waals surface area contributed by atoms with Gasteiger partial charge >= 0.3 is 0 Å². The number of carbonyl (C=O) groups is 2. The molecule has 0 saturated carbocycles. The summed E-state index contributed by atoms with van der Waals surface area (Å²) in [6, 6.07) is 16.1. The highest BCUT2D eigenvalue weighted by Crippen LogP contribution is 2.17. The maximum Gasteiger partial charge on any atom is 0.260 e. The van der Waals surface area contributed by atoms with Gasteiger partial charge in [-0.2, -0.15) is 0 Å². The Kier molecular flexibility index (Phi) is 5.49. The summed E-state index contributed by atoms with van der Waals surface area (Å²) in [4.78, 5) is 26.5. The summed E-state index contributed by atoms with van der Waals surface area (Å²) >= 11 is 0. The third-order valence-electron chi connectivity index (χ3n) is 4.52.